The fourth-order valence-electron chi connectivity index (χ4n) is 1.68. The van der Waals surface area contributed by atoms with Crippen LogP contribution in [0.5, 0.6) is 0 Å². The zero-order valence-corrected chi connectivity index (χ0v) is 10.3. The average Bonchev–Trinajstić information content (AvgIpc) is 2.44. The number of rotatable bonds is 5. The number of carbonyl (C=O) groups excluding carboxylic acids is 1. The molecule has 0 spiro atoms. The molecule has 0 saturated carbocycles. The molecule has 0 radical (unpaired) electrons. The van der Waals surface area contributed by atoms with Gasteiger partial charge in [0, 0.05) is 0 Å². The number of aliphatic hydroxyl groups is 5. The zero-order valence-electron chi connectivity index (χ0n) is 10.3. The van der Waals surface area contributed by atoms with Crippen molar-refractivity contribution >= 4 is 5.97 Å². The van der Waals surface area contributed by atoms with Crippen molar-refractivity contribution in [2.24, 2.45) is 0 Å². The monoisotopic (exact) mass is 278 g/mol. The van der Waals surface area contributed by atoms with Crippen molar-refractivity contribution in [2.45, 2.75) is 36.6 Å². The molecule has 8 heteroatoms. The smallest absolute Gasteiger partial charge is 0.339 e. The van der Waals surface area contributed by atoms with Crippen molar-refractivity contribution in [1.29, 1.82) is 0 Å². The summed E-state index contributed by atoms with van der Waals surface area (Å²) in [7, 11) is 1.15. The second-order valence-corrected chi connectivity index (χ2v) is 4.15. The lowest BCUT2D eigenvalue weighted by Crippen LogP contribution is -2.53. The molecular weight excluding hydrogens is 260 g/mol. The summed E-state index contributed by atoms with van der Waals surface area (Å²) in [6.07, 6.45) is -6.24. The molecule has 1 heterocycles. The van der Waals surface area contributed by atoms with E-state index in [1.165, 1.54) is 12.2 Å². The van der Waals surface area contributed by atoms with Crippen LogP contribution in [0.25, 0.3) is 0 Å². The van der Waals surface area contributed by atoms with Crippen molar-refractivity contribution in [1.82, 2.24) is 0 Å². The fraction of sp³-hybridized carbons (Fsp3) is 0.727. The first-order chi connectivity index (χ1) is 8.92. The largest absolute Gasteiger partial charge is 0.467 e. The molecule has 0 aromatic rings. The highest BCUT2D eigenvalue weighted by Crippen LogP contribution is 2.20. The van der Waals surface area contributed by atoms with Gasteiger partial charge in [0.1, 0.15) is 30.5 Å². The molecule has 5 N–H and O–H groups in total. The Morgan fingerprint density at radius 2 is 2.00 bits per heavy atom. The van der Waals surface area contributed by atoms with Gasteiger partial charge in [0.15, 0.2) is 6.10 Å². The number of aliphatic hydroxyl groups excluding tert-OH is 5. The molecule has 0 bridgehead atoms. The molecule has 0 amide bonds. The Bertz CT molecular complexity index is 331. The van der Waals surface area contributed by atoms with E-state index in [-0.39, 0.29) is 0 Å². The molecule has 0 saturated heterocycles. The maximum Gasteiger partial charge on any atom is 0.339 e. The Kier molecular flexibility index (Phi) is 5.85. The molecule has 1 aliphatic rings. The third-order valence-electron chi connectivity index (χ3n) is 2.82. The third kappa shape index (κ3) is 3.72. The van der Waals surface area contributed by atoms with Crippen LogP contribution >= 0.6 is 0 Å². The second-order valence-electron chi connectivity index (χ2n) is 4.15. The Hall–Kier alpha value is -1.03. The number of carbonyl (C=O) groups is 1. The predicted octanol–water partition coefficient (Wildman–Crippen LogP) is -3.08. The van der Waals surface area contributed by atoms with Crippen molar-refractivity contribution in [3.63, 3.8) is 0 Å². The van der Waals surface area contributed by atoms with E-state index < -0.39 is 49.2 Å². The van der Waals surface area contributed by atoms with Crippen LogP contribution in [-0.2, 0) is 14.3 Å². The SMILES string of the molecule is COC(=O)C1C=C[C@H](O)[C@H]([C@@H](O)[C@H](O)[C@H](O)CO)O1. The molecule has 0 fully saturated rings. The number of hydrogen-bond acceptors (Lipinski definition) is 8. The second kappa shape index (κ2) is 6.94. The van der Waals surface area contributed by atoms with Gasteiger partial charge in [-0.1, -0.05) is 6.08 Å². The predicted molar refractivity (Wildman–Crippen MR) is 60.9 cm³/mol. The van der Waals surface area contributed by atoms with Crippen LogP contribution in [0.1, 0.15) is 0 Å². The van der Waals surface area contributed by atoms with E-state index in [0.717, 1.165) is 7.11 Å². The van der Waals surface area contributed by atoms with Gasteiger partial charge in [-0.2, -0.15) is 0 Å². The molecule has 0 aromatic carbocycles. The zero-order chi connectivity index (χ0) is 14.6. The number of esters is 1. The van der Waals surface area contributed by atoms with E-state index in [9.17, 15) is 25.2 Å². The molecule has 110 valence electrons. The molecule has 6 atom stereocenters. The van der Waals surface area contributed by atoms with E-state index in [1.54, 1.807) is 0 Å². The van der Waals surface area contributed by atoms with Crippen LogP contribution in [-0.4, -0.2) is 81.8 Å². The lowest BCUT2D eigenvalue weighted by atomic mass is 9.97. The topological polar surface area (TPSA) is 137 Å². The molecular formula is C11H18O8. The average molecular weight is 278 g/mol. The molecule has 0 aromatic heterocycles. The van der Waals surface area contributed by atoms with Crippen LogP contribution in [0.2, 0.25) is 0 Å². The lowest BCUT2D eigenvalue weighted by molar-refractivity contribution is -0.182. The summed E-state index contributed by atoms with van der Waals surface area (Å²) in [4.78, 5) is 11.3. The van der Waals surface area contributed by atoms with E-state index in [1.807, 2.05) is 0 Å². The van der Waals surface area contributed by atoms with Gasteiger partial charge in [-0.25, -0.2) is 4.79 Å². The Morgan fingerprint density at radius 1 is 1.37 bits per heavy atom. The van der Waals surface area contributed by atoms with Gasteiger partial charge >= 0.3 is 5.97 Å². The van der Waals surface area contributed by atoms with Gasteiger partial charge in [-0.05, 0) is 6.08 Å². The molecule has 0 aliphatic carbocycles. The summed E-state index contributed by atoms with van der Waals surface area (Å²) in [5.74, 6) is -0.724. The summed E-state index contributed by atoms with van der Waals surface area (Å²) in [5, 5.41) is 46.9. The van der Waals surface area contributed by atoms with Crippen molar-refractivity contribution in [2.75, 3.05) is 13.7 Å². The van der Waals surface area contributed by atoms with Crippen molar-refractivity contribution in [3.05, 3.63) is 12.2 Å². The fourth-order valence-corrected chi connectivity index (χ4v) is 1.68. The Labute approximate surface area is 109 Å². The van der Waals surface area contributed by atoms with E-state index in [4.69, 9.17) is 9.84 Å². The maximum absolute atomic E-state index is 11.3. The third-order valence-corrected chi connectivity index (χ3v) is 2.82. The van der Waals surface area contributed by atoms with E-state index in [0.29, 0.717) is 0 Å². The minimum Gasteiger partial charge on any atom is -0.467 e. The molecule has 1 aliphatic heterocycles. The first-order valence-electron chi connectivity index (χ1n) is 5.67. The van der Waals surface area contributed by atoms with Crippen LogP contribution in [0, 0.1) is 0 Å². The highest BCUT2D eigenvalue weighted by atomic mass is 16.6. The van der Waals surface area contributed by atoms with E-state index >= 15 is 0 Å². The minimum absolute atomic E-state index is 0.724. The summed E-state index contributed by atoms with van der Waals surface area (Å²) in [6, 6.07) is 0. The minimum atomic E-state index is -1.73. The van der Waals surface area contributed by atoms with Crippen molar-refractivity contribution < 1.29 is 39.8 Å². The number of hydrogen-bond donors (Lipinski definition) is 5. The van der Waals surface area contributed by atoms with Gasteiger partial charge in [-0.3, -0.25) is 0 Å². The molecule has 1 rings (SSSR count). The summed E-state index contributed by atoms with van der Waals surface area (Å²) < 4.78 is 9.57. The van der Waals surface area contributed by atoms with Crippen LogP contribution in [0.3, 0.4) is 0 Å². The van der Waals surface area contributed by atoms with Gasteiger partial charge in [0.25, 0.3) is 0 Å². The molecule has 8 nitrogen and oxygen atoms in total. The first-order valence-corrected chi connectivity index (χ1v) is 5.67. The highest BCUT2D eigenvalue weighted by molar-refractivity contribution is 5.77. The van der Waals surface area contributed by atoms with Crippen molar-refractivity contribution in [3.8, 4) is 0 Å². The molecule has 19 heavy (non-hydrogen) atoms. The van der Waals surface area contributed by atoms with Crippen LogP contribution < -0.4 is 0 Å². The lowest BCUT2D eigenvalue weighted by Gasteiger charge is -2.34. The summed E-state index contributed by atoms with van der Waals surface area (Å²) in [6.45, 7) is -0.767. The van der Waals surface area contributed by atoms with Gasteiger partial charge in [0.2, 0.25) is 0 Å². The van der Waals surface area contributed by atoms with Crippen LogP contribution in [0.4, 0.5) is 0 Å². The standard InChI is InChI=1S/C11H18O8/c1-18-11(17)7-3-2-5(13)10(19-7)9(16)8(15)6(14)4-12/h2-3,5-10,12-16H,4H2,1H3/t5-,6+,7?,8+,9-,10+/m0/s1. The number of methoxy groups -OCH3 is 1. The van der Waals surface area contributed by atoms with Crippen LogP contribution in [0.15, 0.2) is 12.2 Å². The summed E-state index contributed by atoms with van der Waals surface area (Å²) in [5.41, 5.74) is 0. The van der Waals surface area contributed by atoms with Gasteiger partial charge in [-0.15, -0.1) is 0 Å². The maximum atomic E-state index is 11.3. The first kappa shape index (κ1) is 16.0. The summed E-state index contributed by atoms with van der Waals surface area (Å²) >= 11 is 0. The molecule has 1 unspecified atom stereocenters. The highest BCUT2D eigenvalue weighted by Gasteiger charge is 2.39. The Balaban J connectivity index is 2.76. The van der Waals surface area contributed by atoms with E-state index in [2.05, 4.69) is 4.74 Å². The quantitative estimate of drug-likeness (QED) is 0.264. The Morgan fingerprint density at radius 3 is 2.53 bits per heavy atom. The van der Waals surface area contributed by atoms with Gasteiger partial charge in [0.05, 0.1) is 13.7 Å². The number of ether oxygens (including phenoxy) is 2. The normalized spacial score (nSPS) is 31.6. The van der Waals surface area contributed by atoms with Gasteiger partial charge < -0.3 is 35.0 Å².